The van der Waals surface area contributed by atoms with E-state index in [1.54, 1.807) is 0 Å². The van der Waals surface area contributed by atoms with Gasteiger partial charge in [0, 0.05) is 6.20 Å². The molecule has 1 saturated heterocycles. The molecule has 1 aromatic heterocycles. The Hall–Kier alpha value is -2.20. The molecule has 0 amide bonds. The lowest BCUT2D eigenvalue weighted by molar-refractivity contribution is -0.145. The minimum Gasteiger partial charge on any atom is -0.480 e. The fourth-order valence-electron chi connectivity index (χ4n) is 3.57. The smallest absolute Gasteiger partial charge is 0.320 e. The van der Waals surface area contributed by atoms with E-state index >= 15 is 0 Å². The molecule has 2 atom stereocenters. The van der Waals surface area contributed by atoms with Gasteiger partial charge in [0.05, 0.1) is 11.7 Å². The summed E-state index contributed by atoms with van der Waals surface area (Å²) in [6, 6.07) is 11.7. The predicted molar refractivity (Wildman–Crippen MR) is 94.0 cm³/mol. The van der Waals surface area contributed by atoms with Crippen molar-refractivity contribution < 1.29 is 9.90 Å². The first kappa shape index (κ1) is 16.7. The Balaban J connectivity index is 2.09. The summed E-state index contributed by atoms with van der Waals surface area (Å²) in [5, 5.41) is 9.70. The van der Waals surface area contributed by atoms with Gasteiger partial charge in [0.15, 0.2) is 0 Å². The Morgan fingerprint density at radius 1 is 1.21 bits per heavy atom. The molecule has 0 bridgehead atoms. The monoisotopic (exact) mass is 324 g/mol. The molecular formula is C20H24N2O2. The molecule has 4 heteroatoms. The minimum atomic E-state index is -0.736. The Bertz CT molecular complexity index is 712. The van der Waals surface area contributed by atoms with E-state index in [1.807, 2.05) is 37.4 Å². The van der Waals surface area contributed by atoms with Crippen LogP contribution in [-0.2, 0) is 4.79 Å². The number of benzene rings is 1. The highest BCUT2D eigenvalue weighted by atomic mass is 16.4. The van der Waals surface area contributed by atoms with Gasteiger partial charge in [0.1, 0.15) is 6.04 Å². The lowest BCUT2D eigenvalue weighted by Gasteiger charge is -2.39. The quantitative estimate of drug-likeness (QED) is 0.931. The third kappa shape index (κ3) is 3.34. The van der Waals surface area contributed by atoms with Crippen LogP contribution in [0.1, 0.15) is 47.7 Å². The van der Waals surface area contributed by atoms with E-state index in [0.29, 0.717) is 6.42 Å². The third-order valence-corrected chi connectivity index (χ3v) is 4.86. The van der Waals surface area contributed by atoms with Crippen LogP contribution >= 0.6 is 0 Å². The van der Waals surface area contributed by atoms with Crippen molar-refractivity contribution in [2.24, 2.45) is 0 Å². The first-order chi connectivity index (χ1) is 11.6. The zero-order valence-corrected chi connectivity index (χ0v) is 14.3. The summed E-state index contributed by atoms with van der Waals surface area (Å²) >= 11 is 0. The molecule has 1 aliphatic heterocycles. The predicted octanol–water partition coefficient (Wildman–Crippen LogP) is 3.73. The molecule has 1 aromatic carbocycles. The zero-order valence-electron chi connectivity index (χ0n) is 14.3. The zero-order chi connectivity index (χ0) is 17.1. The summed E-state index contributed by atoms with van der Waals surface area (Å²) in [5.41, 5.74) is 4.33. The van der Waals surface area contributed by atoms with Gasteiger partial charge in [-0.25, -0.2) is 0 Å². The highest BCUT2D eigenvalue weighted by Gasteiger charge is 2.36. The number of aliphatic carboxylic acids is 1. The Morgan fingerprint density at radius 2 is 2.00 bits per heavy atom. The van der Waals surface area contributed by atoms with Crippen molar-refractivity contribution in [1.82, 2.24) is 9.88 Å². The number of pyridine rings is 1. The largest absolute Gasteiger partial charge is 0.480 e. The van der Waals surface area contributed by atoms with E-state index in [4.69, 9.17) is 0 Å². The fourth-order valence-corrected chi connectivity index (χ4v) is 3.57. The van der Waals surface area contributed by atoms with Crippen LogP contribution in [0.25, 0.3) is 0 Å². The van der Waals surface area contributed by atoms with Crippen LogP contribution in [-0.4, -0.2) is 33.5 Å². The molecule has 1 aliphatic rings. The van der Waals surface area contributed by atoms with Crippen molar-refractivity contribution in [2.45, 2.75) is 45.2 Å². The van der Waals surface area contributed by atoms with E-state index in [1.165, 1.54) is 5.56 Å². The molecule has 0 saturated carbocycles. The molecule has 0 aliphatic carbocycles. The number of piperidine rings is 1. The maximum atomic E-state index is 11.8. The van der Waals surface area contributed by atoms with E-state index in [2.05, 4.69) is 28.9 Å². The summed E-state index contributed by atoms with van der Waals surface area (Å²) in [7, 11) is 0. The summed E-state index contributed by atoms with van der Waals surface area (Å²) < 4.78 is 0. The van der Waals surface area contributed by atoms with Gasteiger partial charge >= 0.3 is 5.97 Å². The molecule has 2 unspecified atom stereocenters. The van der Waals surface area contributed by atoms with E-state index in [0.717, 1.165) is 36.2 Å². The third-order valence-electron chi connectivity index (χ3n) is 4.86. The van der Waals surface area contributed by atoms with Crippen LogP contribution in [0.4, 0.5) is 0 Å². The van der Waals surface area contributed by atoms with Crippen molar-refractivity contribution in [3.8, 4) is 0 Å². The van der Waals surface area contributed by atoms with Crippen LogP contribution < -0.4 is 0 Å². The van der Waals surface area contributed by atoms with E-state index < -0.39 is 12.0 Å². The molecule has 2 heterocycles. The number of rotatable bonds is 4. The molecular weight excluding hydrogens is 300 g/mol. The second-order valence-electron chi connectivity index (χ2n) is 6.61. The number of likely N-dealkylation sites (tertiary alicyclic amines) is 1. The summed E-state index contributed by atoms with van der Waals surface area (Å²) in [5.74, 6) is -0.736. The number of carboxylic acids is 1. The molecule has 24 heavy (non-hydrogen) atoms. The van der Waals surface area contributed by atoms with Crippen LogP contribution in [0.5, 0.6) is 0 Å². The molecule has 4 nitrogen and oxygen atoms in total. The highest BCUT2D eigenvalue weighted by molar-refractivity contribution is 5.73. The van der Waals surface area contributed by atoms with Gasteiger partial charge in [-0.05, 0) is 56.0 Å². The SMILES string of the molecule is Cc1ccc(C(c2ccccc2C)N2CCCCC2C(=O)O)nc1. The number of hydrogen-bond acceptors (Lipinski definition) is 3. The van der Waals surface area contributed by atoms with Crippen molar-refractivity contribution in [3.63, 3.8) is 0 Å². The van der Waals surface area contributed by atoms with Gasteiger partial charge in [0.25, 0.3) is 0 Å². The Kier molecular flexibility index (Phi) is 4.95. The van der Waals surface area contributed by atoms with Gasteiger partial charge in [-0.1, -0.05) is 36.8 Å². The summed E-state index contributed by atoms with van der Waals surface area (Å²) in [4.78, 5) is 18.6. The van der Waals surface area contributed by atoms with Gasteiger partial charge < -0.3 is 5.11 Å². The molecule has 1 N–H and O–H groups in total. The van der Waals surface area contributed by atoms with Gasteiger partial charge in [-0.3, -0.25) is 14.7 Å². The second-order valence-corrected chi connectivity index (χ2v) is 6.61. The maximum absolute atomic E-state index is 11.8. The van der Waals surface area contributed by atoms with Crippen molar-refractivity contribution in [1.29, 1.82) is 0 Å². The average molecular weight is 324 g/mol. The molecule has 2 aromatic rings. The highest BCUT2D eigenvalue weighted by Crippen LogP contribution is 2.34. The number of hydrogen-bond donors (Lipinski definition) is 1. The lowest BCUT2D eigenvalue weighted by atomic mass is 9.92. The fraction of sp³-hybridized carbons (Fsp3) is 0.400. The summed E-state index contributed by atoms with van der Waals surface area (Å²) in [6.07, 6.45) is 4.55. The standard InChI is InChI=1S/C20H24N2O2/c1-14-10-11-17(21-13-14)19(16-8-4-3-7-15(16)2)22-12-6-5-9-18(22)20(23)24/h3-4,7-8,10-11,13,18-19H,5-6,9,12H2,1-2H3,(H,23,24). The van der Waals surface area contributed by atoms with Crippen LogP contribution in [0.15, 0.2) is 42.6 Å². The average Bonchev–Trinajstić information content (AvgIpc) is 2.59. The maximum Gasteiger partial charge on any atom is 0.320 e. The number of aryl methyl sites for hydroxylation is 2. The number of carbonyl (C=O) groups is 1. The minimum absolute atomic E-state index is 0.117. The van der Waals surface area contributed by atoms with Gasteiger partial charge in [0.2, 0.25) is 0 Å². The van der Waals surface area contributed by atoms with E-state index in [9.17, 15) is 9.90 Å². The molecule has 0 spiro atoms. The van der Waals surface area contributed by atoms with Crippen molar-refractivity contribution in [2.75, 3.05) is 6.54 Å². The number of carboxylic acid groups (broad SMARTS) is 1. The number of aromatic nitrogens is 1. The van der Waals surface area contributed by atoms with Crippen LogP contribution in [0.2, 0.25) is 0 Å². The number of nitrogens with zero attached hydrogens (tertiary/aromatic N) is 2. The normalized spacial score (nSPS) is 19.8. The lowest BCUT2D eigenvalue weighted by Crippen LogP contribution is -2.47. The molecule has 3 rings (SSSR count). The van der Waals surface area contributed by atoms with Crippen LogP contribution in [0.3, 0.4) is 0 Å². The topological polar surface area (TPSA) is 53.4 Å². The first-order valence-corrected chi connectivity index (χ1v) is 8.54. The van der Waals surface area contributed by atoms with Crippen LogP contribution in [0, 0.1) is 13.8 Å². The Morgan fingerprint density at radius 3 is 2.67 bits per heavy atom. The van der Waals surface area contributed by atoms with Gasteiger partial charge in [-0.15, -0.1) is 0 Å². The van der Waals surface area contributed by atoms with Crippen molar-refractivity contribution >= 4 is 5.97 Å². The van der Waals surface area contributed by atoms with Crippen molar-refractivity contribution in [3.05, 3.63) is 65.0 Å². The molecule has 1 fully saturated rings. The second kappa shape index (κ2) is 7.14. The van der Waals surface area contributed by atoms with E-state index in [-0.39, 0.29) is 6.04 Å². The summed E-state index contributed by atoms with van der Waals surface area (Å²) in [6.45, 7) is 4.88. The Labute approximate surface area is 143 Å². The molecule has 0 radical (unpaired) electrons. The molecule has 126 valence electrons. The van der Waals surface area contributed by atoms with Gasteiger partial charge in [-0.2, -0.15) is 0 Å². The first-order valence-electron chi connectivity index (χ1n) is 8.54.